The fourth-order valence-electron chi connectivity index (χ4n) is 3.44. The molecule has 0 aliphatic carbocycles. The van der Waals surface area contributed by atoms with Crippen molar-refractivity contribution in [2.45, 2.75) is 31.1 Å². The van der Waals surface area contributed by atoms with Crippen LogP contribution in [-0.4, -0.2) is 36.8 Å². The van der Waals surface area contributed by atoms with Gasteiger partial charge in [-0.25, -0.2) is 0 Å². The van der Waals surface area contributed by atoms with Gasteiger partial charge in [-0.15, -0.1) is 10.2 Å². The second kappa shape index (κ2) is 9.53. The van der Waals surface area contributed by atoms with Crippen LogP contribution in [0.4, 0.5) is 0 Å². The van der Waals surface area contributed by atoms with Gasteiger partial charge in [0.25, 0.3) is 0 Å². The van der Waals surface area contributed by atoms with Crippen molar-refractivity contribution >= 4 is 34.4 Å². The van der Waals surface area contributed by atoms with Crippen LogP contribution in [0.25, 0.3) is 22.5 Å². The molecular formula is C22H20N6O3S. The number of aryl methyl sites for hydroxylation is 1. The molecule has 0 fully saturated rings. The number of rotatable bonds is 10. The number of furan rings is 1. The zero-order valence-electron chi connectivity index (χ0n) is 17.1. The van der Waals surface area contributed by atoms with Crippen molar-refractivity contribution in [2.75, 3.05) is 5.75 Å². The highest BCUT2D eigenvalue weighted by molar-refractivity contribution is 7.99. The fourth-order valence-corrected chi connectivity index (χ4v) is 4.29. The average Bonchev–Trinajstić information content (AvgIpc) is 3.53. The Balaban J connectivity index is 1.57. The minimum atomic E-state index is -0.443. The van der Waals surface area contributed by atoms with E-state index in [4.69, 9.17) is 15.4 Å². The van der Waals surface area contributed by atoms with Crippen LogP contribution in [0.2, 0.25) is 0 Å². The standard InChI is InChI=1S/C22H20N6O3S/c23-9-4-10-27-13-16(15-5-1-2-6-17(15)27)18(29)14-32-22-26-25-21(19-7-3-12-31-19)28(22)11-8-20(24)30/h1-3,5-7,12-13H,4,8,10-11,14H2,(H2,24,30). The van der Waals surface area contributed by atoms with Crippen LogP contribution < -0.4 is 5.73 Å². The van der Waals surface area contributed by atoms with Gasteiger partial charge in [0.15, 0.2) is 22.5 Å². The van der Waals surface area contributed by atoms with Gasteiger partial charge in [-0.3, -0.25) is 14.2 Å². The first kappa shape index (κ1) is 21.4. The number of fused-ring (bicyclic) bond motifs is 1. The average molecular weight is 449 g/mol. The molecule has 9 nitrogen and oxygen atoms in total. The van der Waals surface area contributed by atoms with E-state index < -0.39 is 5.91 Å². The van der Waals surface area contributed by atoms with Gasteiger partial charge in [0, 0.05) is 42.2 Å². The van der Waals surface area contributed by atoms with Crippen LogP contribution in [0.3, 0.4) is 0 Å². The van der Waals surface area contributed by atoms with Gasteiger partial charge in [-0.1, -0.05) is 30.0 Å². The number of amides is 1. The molecule has 0 aliphatic rings. The summed E-state index contributed by atoms with van der Waals surface area (Å²) >= 11 is 1.24. The highest BCUT2D eigenvalue weighted by Gasteiger charge is 2.20. The van der Waals surface area contributed by atoms with Crippen LogP contribution in [-0.2, 0) is 17.9 Å². The Labute approximate surface area is 187 Å². The monoisotopic (exact) mass is 448 g/mol. The molecule has 1 amide bonds. The number of carbonyl (C=O) groups excluding carboxylic acids is 2. The van der Waals surface area contributed by atoms with Crippen LogP contribution in [0, 0.1) is 11.3 Å². The minimum Gasteiger partial charge on any atom is -0.461 e. The predicted molar refractivity (Wildman–Crippen MR) is 119 cm³/mol. The number of aromatic nitrogens is 4. The lowest BCUT2D eigenvalue weighted by Crippen LogP contribution is -2.15. The lowest BCUT2D eigenvalue weighted by atomic mass is 10.1. The third-order valence-corrected chi connectivity index (χ3v) is 5.89. The molecule has 0 saturated heterocycles. The Hall–Kier alpha value is -3.84. The molecule has 0 spiro atoms. The largest absolute Gasteiger partial charge is 0.461 e. The molecule has 0 saturated carbocycles. The summed E-state index contributed by atoms with van der Waals surface area (Å²) in [5, 5.41) is 18.6. The van der Waals surface area contributed by atoms with Crippen molar-refractivity contribution in [1.82, 2.24) is 19.3 Å². The number of thioether (sulfide) groups is 1. The minimum absolute atomic E-state index is 0.0640. The van der Waals surface area contributed by atoms with Gasteiger partial charge in [-0.2, -0.15) is 5.26 Å². The quantitative estimate of drug-likeness (QED) is 0.291. The molecule has 1 aromatic carbocycles. The van der Waals surface area contributed by atoms with E-state index in [2.05, 4.69) is 16.3 Å². The van der Waals surface area contributed by atoms with E-state index in [0.717, 1.165) is 10.9 Å². The summed E-state index contributed by atoms with van der Waals surface area (Å²) in [6.45, 7) is 0.799. The number of primary amides is 1. The summed E-state index contributed by atoms with van der Waals surface area (Å²) in [5.74, 6) is 0.617. The summed E-state index contributed by atoms with van der Waals surface area (Å²) in [4.78, 5) is 24.4. The SMILES string of the molecule is N#CCCn1cc(C(=O)CSc2nnc(-c3ccco3)n2CCC(N)=O)c2ccccc21. The van der Waals surface area contributed by atoms with Crippen LogP contribution in [0.15, 0.2) is 58.4 Å². The van der Waals surface area contributed by atoms with Crippen molar-refractivity contribution in [3.8, 4) is 17.7 Å². The fraction of sp³-hybridized carbons (Fsp3) is 0.227. The first-order valence-electron chi connectivity index (χ1n) is 9.94. The molecule has 4 rings (SSSR count). The second-order valence-corrected chi connectivity index (χ2v) is 7.97. The number of Topliss-reactive ketones (excluding diaryl/α,β-unsaturated/α-hetero) is 1. The molecular weight excluding hydrogens is 428 g/mol. The number of para-hydroxylation sites is 1. The van der Waals surface area contributed by atoms with Crippen LogP contribution >= 0.6 is 11.8 Å². The maximum atomic E-state index is 13.1. The van der Waals surface area contributed by atoms with Crippen LogP contribution in [0.5, 0.6) is 0 Å². The normalized spacial score (nSPS) is 11.0. The molecule has 10 heteroatoms. The Bertz CT molecular complexity index is 1300. The third-order valence-electron chi connectivity index (χ3n) is 4.93. The number of carbonyl (C=O) groups is 2. The van der Waals surface area contributed by atoms with E-state index in [1.54, 1.807) is 22.9 Å². The summed E-state index contributed by atoms with van der Waals surface area (Å²) in [7, 11) is 0. The summed E-state index contributed by atoms with van der Waals surface area (Å²) in [6.07, 6.45) is 3.80. The molecule has 0 bridgehead atoms. The molecule has 0 unspecified atom stereocenters. The number of ketones is 1. The summed E-state index contributed by atoms with van der Waals surface area (Å²) in [6, 6.07) is 13.3. The topological polar surface area (TPSA) is 133 Å². The number of nitrogens with zero attached hydrogens (tertiary/aromatic N) is 5. The van der Waals surface area contributed by atoms with E-state index in [-0.39, 0.29) is 24.5 Å². The molecule has 2 N–H and O–H groups in total. The Kier molecular flexibility index (Phi) is 6.37. The van der Waals surface area contributed by atoms with E-state index in [0.29, 0.717) is 35.3 Å². The first-order chi connectivity index (χ1) is 15.6. The van der Waals surface area contributed by atoms with Gasteiger partial charge in [-0.05, 0) is 18.2 Å². The summed E-state index contributed by atoms with van der Waals surface area (Å²) in [5.41, 5.74) is 6.83. The highest BCUT2D eigenvalue weighted by atomic mass is 32.2. The number of benzene rings is 1. The van der Waals surface area contributed by atoms with Crippen molar-refractivity contribution < 1.29 is 14.0 Å². The second-order valence-electron chi connectivity index (χ2n) is 7.02. The lowest BCUT2D eigenvalue weighted by molar-refractivity contribution is -0.118. The zero-order chi connectivity index (χ0) is 22.5. The van der Waals surface area contributed by atoms with Gasteiger partial charge in [0.1, 0.15) is 0 Å². The molecule has 3 heterocycles. The molecule has 32 heavy (non-hydrogen) atoms. The third kappa shape index (κ3) is 4.43. The molecule has 0 atom stereocenters. The van der Waals surface area contributed by atoms with E-state index >= 15 is 0 Å². The predicted octanol–water partition coefficient (Wildman–Crippen LogP) is 3.26. The zero-order valence-corrected chi connectivity index (χ0v) is 17.9. The van der Waals surface area contributed by atoms with Gasteiger partial charge < -0.3 is 14.7 Å². The van der Waals surface area contributed by atoms with E-state index in [1.165, 1.54) is 18.0 Å². The smallest absolute Gasteiger partial charge is 0.219 e. The van der Waals surface area contributed by atoms with Crippen molar-refractivity contribution in [1.29, 1.82) is 5.26 Å². The molecule has 0 aliphatic heterocycles. The molecule has 162 valence electrons. The number of hydrogen-bond donors (Lipinski definition) is 1. The van der Waals surface area contributed by atoms with E-state index in [9.17, 15) is 9.59 Å². The van der Waals surface area contributed by atoms with Gasteiger partial charge in [0.2, 0.25) is 5.91 Å². The van der Waals surface area contributed by atoms with Gasteiger partial charge >= 0.3 is 0 Å². The Morgan fingerprint density at radius 1 is 1.16 bits per heavy atom. The number of nitriles is 1. The maximum Gasteiger partial charge on any atom is 0.219 e. The highest BCUT2D eigenvalue weighted by Crippen LogP contribution is 2.27. The molecule has 0 radical (unpaired) electrons. The lowest BCUT2D eigenvalue weighted by Gasteiger charge is -2.07. The van der Waals surface area contributed by atoms with E-state index in [1.807, 2.05) is 28.8 Å². The van der Waals surface area contributed by atoms with Crippen molar-refractivity contribution in [2.24, 2.45) is 5.73 Å². The number of hydrogen-bond acceptors (Lipinski definition) is 7. The number of nitrogens with two attached hydrogens (primary N) is 1. The Morgan fingerprint density at radius 2 is 2.00 bits per heavy atom. The molecule has 3 aromatic heterocycles. The maximum absolute atomic E-state index is 13.1. The van der Waals surface area contributed by atoms with Crippen molar-refractivity contribution in [3.05, 3.63) is 54.4 Å². The molecule has 4 aromatic rings. The van der Waals surface area contributed by atoms with Gasteiger partial charge in [0.05, 0.1) is 24.5 Å². The van der Waals surface area contributed by atoms with Crippen molar-refractivity contribution in [3.63, 3.8) is 0 Å². The Morgan fingerprint density at radius 3 is 2.75 bits per heavy atom. The van der Waals surface area contributed by atoms with Crippen LogP contribution in [0.1, 0.15) is 23.2 Å². The summed E-state index contributed by atoms with van der Waals surface area (Å²) < 4.78 is 9.08. The first-order valence-corrected chi connectivity index (χ1v) is 10.9.